The van der Waals surface area contributed by atoms with E-state index in [-0.39, 0.29) is 0 Å². The van der Waals surface area contributed by atoms with Gasteiger partial charge in [-0.3, -0.25) is 0 Å². The standard InChI is InChI=1S/C9H17F/c1-7-6-8(10)4-5-9(7,2)3/h7-8H,4-6H2,1-3H3/t7-,8-/m0/s1. The van der Waals surface area contributed by atoms with E-state index < -0.39 is 6.17 Å². The Labute approximate surface area is 62.8 Å². The van der Waals surface area contributed by atoms with Gasteiger partial charge in [0.1, 0.15) is 6.17 Å². The van der Waals surface area contributed by atoms with E-state index in [4.69, 9.17) is 0 Å². The van der Waals surface area contributed by atoms with Gasteiger partial charge in [0.25, 0.3) is 0 Å². The first-order valence-corrected chi connectivity index (χ1v) is 4.16. The average molecular weight is 144 g/mol. The van der Waals surface area contributed by atoms with E-state index in [1.807, 2.05) is 0 Å². The molecule has 10 heavy (non-hydrogen) atoms. The third-order valence-electron chi connectivity index (χ3n) is 3.05. The van der Waals surface area contributed by atoms with Crippen molar-refractivity contribution in [2.75, 3.05) is 0 Å². The lowest BCUT2D eigenvalue weighted by molar-refractivity contribution is 0.0883. The highest BCUT2D eigenvalue weighted by molar-refractivity contribution is 4.83. The first kappa shape index (κ1) is 8.03. The van der Waals surface area contributed by atoms with Crippen LogP contribution in [0.2, 0.25) is 0 Å². The van der Waals surface area contributed by atoms with Crippen LogP contribution in [0.25, 0.3) is 0 Å². The lowest BCUT2D eigenvalue weighted by Crippen LogP contribution is -2.30. The van der Waals surface area contributed by atoms with Crippen LogP contribution in [0.15, 0.2) is 0 Å². The zero-order chi connectivity index (χ0) is 7.78. The van der Waals surface area contributed by atoms with Crippen molar-refractivity contribution >= 4 is 0 Å². The Balaban J connectivity index is 2.52. The predicted octanol–water partition coefficient (Wildman–Crippen LogP) is 3.17. The number of alkyl halides is 1. The Morgan fingerprint density at radius 1 is 1.40 bits per heavy atom. The van der Waals surface area contributed by atoms with Gasteiger partial charge in [0.15, 0.2) is 0 Å². The highest BCUT2D eigenvalue weighted by Crippen LogP contribution is 2.40. The van der Waals surface area contributed by atoms with Crippen LogP contribution >= 0.6 is 0 Å². The molecule has 1 rings (SSSR count). The molecule has 1 aliphatic carbocycles. The van der Waals surface area contributed by atoms with Crippen molar-refractivity contribution in [2.24, 2.45) is 11.3 Å². The number of hydrogen-bond acceptors (Lipinski definition) is 0. The maximum Gasteiger partial charge on any atom is 0.100 e. The normalized spacial score (nSPS) is 39.6. The van der Waals surface area contributed by atoms with Crippen molar-refractivity contribution in [1.82, 2.24) is 0 Å². The summed E-state index contributed by atoms with van der Waals surface area (Å²) in [5, 5.41) is 0. The minimum Gasteiger partial charge on any atom is -0.247 e. The Morgan fingerprint density at radius 3 is 2.40 bits per heavy atom. The first-order valence-electron chi connectivity index (χ1n) is 4.16. The van der Waals surface area contributed by atoms with E-state index >= 15 is 0 Å². The van der Waals surface area contributed by atoms with Crippen LogP contribution in [0.3, 0.4) is 0 Å². The van der Waals surface area contributed by atoms with E-state index in [1.165, 1.54) is 0 Å². The van der Waals surface area contributed by atoms with E-state index in [0.717, 1.165) is 19.3 Å². The molecule has 0 radical (unpaired) electrons. The van der Waals surface area contributed by atoms with Gasteiger partial charge < -0.3 is 0 Å². The van der Waals surface area contributed by atoms with Gasteiger partial charge in [-0.05, 0) is 30.6 Å². The van der Waals surface area contributed by atoms with Crippen LogP contribution in [0, 0.1) is 11.3 Å². The summed E-state index contributed by atoms with van der Waals surface area (Å²) < 4.78 is 12.8. The lowest BCUT2D eigenvalue weighted by atomic mass is 9.69. The van der Waals surface area contributed by atoms with Crippen molar-refractivity contribution < 1.29 is 4.39 Å². The number of hydrogen-bond donors (Lipinski definition) is 0. The van der Waals surface area contributed by atoms with Gasteiger partial charge in [0.2, 0.25) is 0 Å². The fraction of sp³-hybridized carbons (Fsp3) is 1.00. The smallest absolute Gasteiger partial charge is 0.100 e. The summed E-state index contributed by atoms with van der Waals surface area (Å²) in [6.45, 7) is 6.64. The Hall–Kier alpha value is -0.0700. The number of rotatable bonds is 0. The lowest BCUT2D eigenvalue weighted by Gasteiger charge is -2.37. The fourth-order valence-electron chi connectivity index (χ4n) is 1.60. The largest absolute Gasteiger partial charge is 0.247 e. The van der Waals surface area contributed by atoms with Gasteiger partial charge in [-0.25, -0.2) is 4.39 Å². The summed E-state index contributed by atoms with van der Waals surface area (Å²) >= 11 is 0. The second-order valence-electron chi connectivity index (χ2n) is 4.26. The van der Waals surface area contributed by atoms with Crippen LogP contribution in [-0.4, -0.2) is 6.17 Å². The van der Waals surface area contributed by atoms with Crippen molar-refractivity contribution in [3.8, 4) is 0 Å². The second-order valence-corrected chi connectivity index (χ2v) is 4.26. The molecule has 0 N–H and O–H groups in total. The molecule has 0 amide bonds. The highest BCUT2D eigenvalue weighted by atomic mass is 19.1. The van der Waals surface area contributed by atoms with Gasteiger partial charge in [0, 0.05) is 0 Å². The molecule has 0 aromatic rings. The molecule has 0 unspecified atom stereocenters. The van der Waals surface area contributed by atoms with Gasteiger partial charge >= 0.3 is 0 Å². The molecule has 0 saturated heterocycles. The van der Waals surface area contributed by atoms with Crippen LogP contribution in [0.5, 0.6) is 0 Å². The molecule has 0 spiro atoms. The second kappa shape index (κ2) is 2.52. The van der Waals surface area contributed by atoms with Gasteiger partial charge in [-0.15, -0.1) is 0 Å². The zero-order valence-electron chi connectivity index (χ0n) is 7.15. The molecule has 1 heteroatoms. The minimum absolute atomic E-state index is 0.378. The molecule has 0 aromatic carbocycles. The summed E-state index contributed by atoms with van der Waals surface area (Å²) in [7, 11) is 0. The molecule has 0 aromatic heterocycles. The molecular formula is C9H17F. The predicted molar refractivity (Wildman–Crippen MR) is 41.7 cm³/mol. The van der Waals surface area contributed by atoms with Gasteiger partial charge in [-0.1, -0.05) is 20.8 Å². The molecule has 0 bridgehead atoms. The maximum atomic E-state index is 12.8. The van der Waals surface area contributed by atoms with Crippen LogP contribution < -0.4 is 0 Å². The molecule has 60 valence electrons. The summed E-state index contributed by atoms with van der Waals surface area (Å²) in [6.07, 6.45) is 2.07. The van der Waals surface area contributed by atoms with Crippen LogP contribution in [-0.2, 0) is 0 Å². The first-order chi connectivity index (χ1) is 4.52. The summed E-state index contributed by atoms with van der Waals surface area (Å²) in [6, 6.07) is 0. The molecule has 1 fully saturated rings. The average Bonchev–Trinajstić information content (AvgIpc) is 1.81. The van der Waals surface area contributed by atoms with Gasteiger partial charge in [-0.2, -0.15) is 0 Å². The third-order valence-corrected chi connectivity index (χ3v) is 3.05. The van der Waals surface area contributed by atoms with E-state index in [0.29, 0.717) is 11.3 Å². The molecule has 0 nitrogen and oxygen atoms in total. The Bertz CT molecular complexity index is 118. The quantitative estimate of drug-likeness (QED) is 0.490. The molecule has 2 atom stereocenters. The van der Waals surface area contributed by atoms with E-state index in [2.05, 4.69) is 20.8 Å². The Kier molecular flexibility index (Phi) is 2.02. The summed E-state index contributed by atoms with van der Waals surface area (Å²) in [5.41, 5.74) is 0.378. The topological polar surface area (TPSA) is 0 Å². The molecular weight excluding hydrogens is 127 g/mol. The van der Waals surface area contributed by atoms with Crippen molar-refractivity contribution in [1.29, 1.82) is 0 Å². The Morgan fingerprint density at radius 2 is 2.00 bits per heavy atom. The van der Waals surface area contributed by atoms with E-state index in [1.54, 1.807) is 0 Å². The zero-order valence-corrected chi connectivity index (χ0v) is 7.15. The van der Waals surface area contributed by atoms with E-state index in [9.17, 15) is 4.39 Å². The third kappa shape index (κ3) is 1.50. The fourth-order valence-corrected chi connectivity index (χ4v) is 1.60. The van der Waals surface area contributed by atoms with Crippen molar-refractivity contribution in [2.45, 2.75) is 46.2 Å². The molecule has 1 saturated carbocycles. The highest BCUT2D eigenvalue weighted by Gasteiger charge is 2.33. The summed E-state index contributed by atoms with van der Waals surface area (Å²) in [5.74, 6) is 0.552. The molecule has 0 heterocycles. The molecule has 1 aliphatic rings. The van der Waals surface area contributed by atoms with Crippen molar-refractivity contribution in [3.05, 3.63) is 0 Å². The SMILES string of the molecule is C[C@H]1C[C@@H](F)CCC1(C)C. The van der Waals surface area contributed by atoms with Crippen LogP contribution in [0.1, 0.15) is 40.0 Å². The molecule has 0 aliphatic heterocycles. The monoisotopic (exact) mass is 144 g/mol. The van der Waals surface area contributed by atoms with Crippen molar-refractivity contribution in [3.63, 3.8) is 0 Å². The summed E-state index contributed by atoms with van der Waals surface area (Å²) in [4.78, 5) is 0. The van der Waals surface area contributed by atoms with Gasteiger partial charge in [0.05, 0.1) is 0 Å². The minimum atomic E-state index is -0.525. The number of halogens is 1. The van der Waals surface area contributed by atoms with Crippen LogP contribution in [0.4, 0.5) is 4.39 Å². The maximum absolute atomic E-state index is 12.8.